The number of alkyl halides is 1. The fourth-order valence-corrected chi connectivity index (χ4v) is 1.89. The molecule has 0 bridgehead atoms. The first-order chi connectivity index (χ1) is 8.66. The zero-order chi connectivity index (χ0) is 13.0. The Morgan fingerprint density at radius 3 is 2.50 bits per heavy atom. The molecule has 2 heteroatoms. The molecule has 0 saturated carbocycles. The lowest BCUT2D eigenvalue weighted by molar-refractivity contribution is 0.0947. The van der Waals surface area contributed by atoms with Crippen LogP contribution in [0.2, 0.25) is 0 Å². The molecule has 0 radical (unpaired) electrons. The van der Waals surface area contributed by atoms with E-state index in [2.05, 4.69) is 0 Å². The number of carbonyl (C=O) groups is 1. The Kier molecular flexibility index (Phi) is 3.88. The summed E-state index contributed by atoms with van der Waals surface area (Å²) in [5.74, 6) is -0.162. The molecule has 0 aliphatic rings. The third-order valence-corrected chi connectivity index (χ3v) is 2.86. The van der Waals surface area contributed by atoms with Crippen molar-refractivity contribution in [2.75, 3.05) is 0 Å². The van der Waals surface area contributed by atoms with Crippen molar-refractivity contribution in [2.24, 2.45) is 0 Å². The molecule has 0 saturated heterocycles. The summed E-state index contributed by atoms with van der Waals surface area (Å²) in [5, 5.41) is 0. The highest BCUT2D eigenvalue weighted by atomic mass is 19.1. The molecule has 18 heavy (non-hydrogen) atoms. The molecule has 0 spiro atoms. The summed E-state index contributed by atoms with van der Waals surface area (Å²) in [6.45, 7) is 1.91. The maximum Gasteiger partial charge on any atom is 0.166 e. The van der Waals surface area contributed by atoms with Gasteiger partial charge in [0.05, 0.1) is 0 Å². The van der Waals surface area contributed by atoms with E-state index in [1.54, 1.807) is 36.4 Å². The van der Waals surface area contributed by atoms with E-state index in [0.29, 0.717) is 11.1 Å². The van der Waals surface area contributed by atoms with Gasteiger partial charge in [-0.15, -0.1) is 0 Å². The van der Waals surface area contributed by atoms with Crippen LogP contribution in [0.1, 0.15) is 34.1 Å². The summed E-state index contributed by atoms with van der Waals surface area (Å²) in [6, 6.07) is 16.1. The molecule has 0 aromatic heterocycles. The minimum absolute atomic E-state index is 0.104. The second-order valence-electron chi connectivity index (χ2n) is 4.38. The quantitative estimate of drug-likeness (QED) is 0.731. The summed E-state index contributed by atoms with van der Waals surface area (Å²) in [5.41, 5.74) is 2.13. The van der Waals surface area contributed by atoms with Crippen LogP contribution in [0.25, 0.3) is 0 Å². The number of ketones is 1. The van der Waals surface area contributed by atoms with Crippen molar-refractivity contribution in [2.45, 2.75) is 19.5 Å². The summed E-state index contributed by atoms with van der Waals surface area (Å²) in [7, 11) is 0. The molecule has 2 aromatic carbocycles. The molecule has 1 nitrogen and oxygen atoms in total. The first-order valence-electron chi connectivity index (χ1n) is 5.95. The van der Waals surface area contributed by atoms with Gasteiger partial charge in [0, 0.05) is 12.0 Å². The van der Waals surface area contributed by atoms with Crippen molar-refractivity contribution < 1.29 is 9.18 Å². The Labute approximate surface area is 106 Å². The van der Waals surface area contributed by atoms with Gasteiger partial charge in [0.2, 0.25) is 0 Å². The third-order valence-electron chi connectivity index (χ3n) is 2.86. The van der Waals surface area contributed by atoms with Crippen LogP contribution in [0, 0.1) is 6.92 Å². The third kappa shape index (κ3) is 3.04. The largest absolute Gasteiger partial charge is 0.294 e. The minimum Gasteiger partial charge on any atom is -0.294 e. The Morgan fingerprint density at radius 1 is 1.11 bits per heavy atom. The van der Waals surface area contributed by atoms with Gasteiger partial charge in [-0.2, -0.15) is 0 Å². The average Bonchev–Trinajstić information content (AvgIpc) is 2.39. The standard InChI is InChI=1S/C16H15FO/c1-12-6-5-9-14(10-12)15(17)11-16(18)13-7-3-2-4-8-13/h2-10,15H,11H2,1H3. The van der Waals surface area contributed by atoms with E-state index in [-0.39, 0.29) is 12.2 Å². The second kappa shape index (κ2) is 5.58. The second-order valence-corrected chi connectivity index (χ2v) is 4.38. The molecule has 2 rings (SSSR count). The minimum atomic E-state index is -1.24. The molecule has 0 aliphatic carbocycles. The Morgan fingerprint density at radius 2 is 1.83 bits per heavy atom. The van der Waals surface area contributed by atoms with Gasteiger partial charge in [0.1, 0.15) is 6.17 Å². The SMILES string of the molecule is Cc1cccc(C(F)CC(=O)c2ccccc2)c1. The smallest absolute Gasteiger partial charge is 0.166 e. The summed E-state index contributed by atoms with van der Waals surface area (Å²) >= 11 is 0. The van der Waals surface area contributed by atoms with Crippen molar-refractivity contribution >= 4 is 5.78 Å². The maximum absolute atomic E-state index is 14.0. The first-order valence-corrected chi connectivity index (χ1v) is 5.95. The molecule has 92 valence electrons. The van der Waals surface area contributed by atoms with Gasteiger partial charge in [-0.25, -0.2) is 4.39 Å². The van der Waals surface area contributed by atoms with Gasteiger partial charge in [0.25, 0.3) is 0 Å². The van der Waals surface area contributed by atoms with Crippen LogP contribution in [0.5, 0.6) is 0 Å². The van der Waals surface area contributed by atoms with E-state index in [1.807, 2.05) is 25.1 Å². The number of hydrogen-bond acceptors (Lipinski definition) is 1. The van der Waals surface area contributed by atoms with E-state index >= 15 is 0 Å². The number of Topliss-reactive ketones (excluding diaryl/α,β-unsaturated/α-hetero) is 1. The predicted molar refractivity (Wildman–Crippen MR) is 70.4 cm³/mol. The van der Waals surface area contributed by atoms with Gasteiger partial charge in [-0.3, -0.25) is 4.79 Å². The number of aryl methyl sites for hydroxylation is 1. The molecule has 1 unspecified atom stereocenters. The lowest BCUT2D eigenvalue weighted by Gasteiger charge is -2.08. The van der Waals surface area contributed by atoms with E-state index in [1.165, 1.54) is 0 Å². The fourth-order valence-electron chi connectivity index (χ4n) is 1.89. The lowest BCUT2D eigenvalue weighted by Crippen LogP contribution is -2.04. The molecule has 0 N–H and O–H groups in total. The van der Waals surface area contributed by atoms with Crippen LogP contribution in [0.4, 0.5) is 4.39 Å². The highest BCUT2D eigenvalue weighted by Crippen LogP contribution is 2.23. The number of hydrogen-bond donors (Lipinski definition) is 0. The fraction of sp³-hybridized carbons (Fsp3) is 0.188. The summed E-state index contributed by atoms with van der Waals surface area (Å²) < 4.78 is 14.0. The van der Waals surface area contributed by atoms with Crippen LogP contribution < -0.4 is 0 Å². The van der Waals surface area contributed by atoms with Crippen LogP contribution in [0.3, 0.4) is 0 Å². The highest BCUT2D eigenvalue weighted by molar-refractivity contribution is 5.96. The van der Waals surface area contributed by atoms with E-state index in [0.717, 1.165) is 5.56 Å². The van der Waals surface area contributed by atoms with Gasteiger partial charge in [-0.1, -0.05) is 60.2 Å². The van der Waals surface area contributed by atoms with E-state index < -0.39 is 6.17 Å². The molecule has 2 aromatic rings. The number of rotatable bonds is 4. The van der Waals surface area contributed by atoms with Crippen LogP contribution in [0.15, 0.2) is 54.6 Å². The number of benzene rings is 2. The van der Waals surface area contributed by atoms with Crippen molar-refractivity contribution in [3.8, 4) is 0 Å². The van der Waals surface area contributed by atoms with Gasteiger partial charge < -0.3 is 0 Å². The molecule has 0 aliphatic heterocycles. The zero-order valence-electron chi connectivity index (χ0n) is 10.3. The highest BCUT2D eigenvalue weighted by Gasteiger charge is 2.16. The van der Waals surface area contributed by atoms with E-state index in [9.17, 15) is 9.18 Å². The Balaban J connectivity index is 2.08. The zero-order valence-corrected chi connectivity index (χ0v) is 10.3. The van der Waals surface area contributed by atoms with Crippen molar-refractivity contribution in [3.63, 3.8) is 0 Å². The average molecular weight is 242 g/mol. The summed E-state index contributed by atoms with van der Waals surface area (Å²) in [6.07, 6.45) is -1.34. The molecule has 0 fully saturated rings. The molecular formula is C16H15FO. The maximum atomic E-state index is 14.0. The topological polar surface area (TPSA) is 17.1 Å². The number of halogens is 1. The molecular weight excluding hydrogens is 227 g/mol. The first kappa shape index (κ1) is 12.5. The molecule has 0 amide bonds. The number of carbonyl (C=O) groups excluding carboxylic acids is 1. The van der Waals surface area contributed by atoms with Crippen molar-refractivity contribution in [1.29, 1.82) is 0 Å². The molecule has 1 atom stereocenters. The molecule has 0 heterocycles. The van der Waals surface area contributed by atoms with Gasteiger partial charge in [0.15, 0.2) is 5.78 Å². The summed E-state index contributed by atoms with van der Waals surface area (Å²) in [4.78, 5) is 11.9. The predicted octanol–water partition coefficient (Wildman–Crippen LogP) is 4.28. The normalized spacial score (nSPS) is 12.1. The van der Waals surface area contributed by atoms with Crippen molar-refractivity contribution in [3.05, 3.63) is 71.3 Å². The van der Waals surface area contributed by atoms with Crippen LogP contribution in [-0.2, 0) is 0 Å². The monoisotopic (exact) mass is 242 g/mol. The Bertz CT molecular complexity index is 534. The van der Waals surface area contributed by atoms with Gasteiger partial charge in [-0.05, 0) is 12.5 Å². The van der Waals surface area contributed by atoms with Crippen LogP contribution >= 0.6 is 0 Å². The van der Waals surface area contributed by atoms with E-state index in [4.69, 9.17) is 0 Å². The van der Waals surface area contributed by atoms with Crippen LogP contribution in [-0.4, -0.2) is 5.78 Å². The Hall–Kier alpha value is -1.96. The lowest BCUT2D eigenvalue weighted by atomic mass is 10.0. The van der Waals surface area contributed by atoms with Gasteiger partial charge >= 0.3 is 0 Å². The van der Waals surface area contributed by atoms with Crippen molar-refractivity contribution in [1.82, 2.24) is 0 Å².